The second-order valence-electron chi connectivity index (χ2n) is 5.21. The number of halogens is 2. The molecule has 0 aromatic heterocycles. The Hall–Kier alpha value is -0.150. The van der Waals surface area contributed by atoms with E-state index in [0.717, 1.165) is 0 Å². The number of benzene rings is 1. The summed E-state index contributed by atoms with van der Waals surface area (Å²) in [5.74, 6) is 0. The van der Waals surface area contributed by atoms with E-state index in [1.807, 2.05) is 0 Å². The van der Waals surface area contributed by atoms with E-state index in [1.165, 1.54) is 4.31 Å². The van der Waals surface area contributed by atoms with E-state index in [1.54, 1.807) is 19.1 Å². The largest absolute Gasteiger partial charge is 0.399 e. The normalized spacial score (nSPS) is 20.0. The number of hydrogen-bond acceptors (Lipinski definition) is 4. The van der Waals surface area contributed by atoms with E-state index in [9.17, 15) is 13.5 Å². The van der Waals surface area contributed by atoms with Crippen molar-refractivity contribution in [2.75, 3.05) is 18.8 Å². The number of nitrogen functional groups attached to an aromatic ring is 1. The topological polar surface area (TPSA) is 83.6 Å². The quantitative estimate of drug-likeness (QED) is 0.709. The van der Waals surface area contributed by atoms with Crippen molar-refractivity contribution in [2.45, 2.75) is 30.3 Å². The molecule has 0 unspecified atom stereocenters. The third-order valence-electron chi connectivity index (χ3n) is 3.42. The lowest BCUT2D eigenvalue weighted by Gasteiger charge is -2.35. The molecule has 5 nitrogen and oxygen atoms in total. The molecule has 1 heterocycles. The van der Waals surface area contributed by atoms with Crippen LogP contribution in [0.3, 0.4) is 0 Å². The van der Waals surface area contributed by atoms with Gasteiger partial charge in [-0.05, 0) is 63.8 Å². The van der Waals surface area contributed by atoms with Crippen LogP contribution in [0.15, 0.2) is 26.0 Å². The number of nitrogens with two attached hydrogens (primary N) is 1. The van der Waals surface area contributed by atoms with Gasteiger partial charge in [0, 0.05) is 27.7 Å². The van der Waals surface area contributed by atoms with Gasteiger partial charge >= 0.3 is 0 Å². The van der Waals surface area contributed by atoms with Crippen molar-refractivity contribution in [3.63, 3.8) is 0 Å². The molecule has 1 aromatic carbocycles. The maximum atomic E-state index is 12.7. The average molecular weight is 428 g/mol. The monoisotopic (exact) mass is 426 g/mol. The van der Waals surface area contributed by atoms with Crippen molar-refractivity contribution in [3.8, 4) is 0 Å². The van der Waals surface area contributed by atoms with E-state index in [0.29, 0.717) is 40.6 Å². The van der Waals surface area contributed by atoms with Gasteiger partial charge in [-0.3, -0.25) is 0 Å². The van der Waals surface area contributed by atoms with Gasteiger partial charge in [0.25, 0.3) is 0 Å². The van der Waals surface area contributed by atoms with Gasteiger partial charge in [-0.25, -0.2) is 8.42 Å². The lowest BCUT2D eigenvalue weighted by Crippen LogP contribution is -2.45. The first-order valence-electron chi connectivity index (χ1n) is 6.10. The van der Waals surface area contributed by atoms with Gasteiger partial charge in [0.15, 0.2) is 0 Å². The zero-order chi connectivity index (χ0) is 15.1. The summed E-state index contributed by atoms with van der Waals surface area (Å²) in [5, 5.41) is 9.92. The third-order valence-corrected chi connectivity index (χ3v) is 7.19. The molecule has 1 fully saturated rings. The van der Waals surface area contributed by atoms with Crippen LogP contribution in [0.4, 0.5) is 5.69 Å². The molecular weight excluding hydrogens is 412 g/mol. The maximum Gasteiger partial charge on any atom is 0.245 e. The van der Waals surface area contributed by atoms with E-state index in [2.05, 4.69) is 31.9 Å². The van der Waals surface area contributed by atoms with Gasteiger partial charge in [0.1, 0.15) is 4.90 Å². The van der Waals surface area contributed by atoms with Crippen LogP contribution in [0.5, 0.6) is 0 Å². The Bertz CT molecular complexity index is 599. The molecule has 3 N–H and O–H groups in total. The number of anilines is 1. The molecule has 0 saturated carbocycles. The van der Waals surface area contributed by atoms with Crippen LogP contribution in [0.25, 0.3) is 0 Å². The van der Waals surface area contributed by atoms with Crippen LogP contribution >= 0.6 is 31.9 Å². The van der Waals surface area contributed by atoms with E-state index in [4.69, 9.17) is 5.73 Å². The summed E-state index contributed by atoms with van der Waals surface area (Å²) in [6, 6.07) is 3.13. The fraction of sp³-hybridized carbons (Fsp3) is 0.500. The van der Waals surface area contributed by atoms with Crippen LogP contribution in [-0.4, -0.2) is 36.5 Å². The predicted octanol–water partition coefficient (Wildman–Crippen LogP) is 2.33. The second-order valence-corrected chi connectivity index (χ2v) is 8.80. The number of sulfonamides is 1. The number of aliphatic hydroxyl groups is 1. The zero-order valence-electron chi connectivity index (χ0n) is 10.9. The summed E-state index contributed by atoms with van der Waals surface area (Å²) in [4.78, 5) is 0.174. The highest BCUT2D eigenvalue weighted by Gasteiger charge is 2.35. The maximum absolute atomic E-state index is 12.7. The zero-order valence-corrected chi connectivity index (χ0v) is 14.9. The van der Waals surface area contributed by atoms with Crippen LogP contribution in [0.1, 0.15) is 19.8 Å². The van der Waals surface area contributed by atoms with Gasteiger partial charge in [0.2, 0.25) is 10.0 Å². The van der Waals surface area contributed by atoms with Gasteiger partial charge in [-0.2, -0.15) is 4.31 Å². The van der Waals surface area contributed by atoms with Crippen molar-refractivity contribution in [3.05, 3.63) is 21.1 Å². The predicted molar refractivity (Wildman–Crippen MR) is 84.9 cm³/mol. The molecule has 112 valence electrons. The third kappa shape index (κ3) is 3.19. The summed E-state index contributed by atoms with van der Waals surface area (Å²) in [6.45, 7) is 2.34. The first-order chi connectivity index (χ1) is 9.13. The van der Waals surface area contributed by atoms with Gasteiger partial charge in [-0.1, -0.05) is 0 Å². The standard InChI is InChI=1S/C12H16Br2N2O3S/c1-12(17)2-4-16(5-3-12)20(18,19)11-9(13)6-8(15)7-10(11)14/h6-7,17H,2-5,15H2,1H3. The van der Waals surface area contributed by atoms with E-state index < -0.39 is 15.6 Å². The minimum Gasteiger partial charge on any atom is -0.399 e. The van der Waals surface area contributed by atoms with Crippen molar-refractivity contribution < 1.29 is 13.5 Å². The lowest BCUT2D eigenvalue weighted by molar-refractivity contribution is 0.0126. The Balaban J connectivity index is 2.37. The van der Waals surface area contributed by atoms with Crippen molar-refractivity contribution in [2.24, 2.45) is 0 Å². The SMILES string of the molecule is CC1(O)CCN(S(=O)(=O)c2c(Br)cc(N)cc2Br)CC1. The number of hydrogen-bond donors (Lipinski definition) is 2. The summed E-state index contributed by atoms with van der Waals surface area (Å²) in [5.41, 5.74) is 5.37. The molecule has 0 spiro atoms. The molecule has 0 bridgehead atoms. The average Bonchev–Trinajstić information content (AvgIpc) is 2.26. The first kappa shape index (κ1) is 16.2. The second kappa shape index (κ2) is 5.57. The summed E-state index contributed by atoms with van der Waals surface area (Å²) < 4.78 is 27.6. The number of rotatable bonds is 2. The Morgan fingerprint density at radius 2 is 1.70 bits per heavy atom. The van der Waals surface area contributed by atoms with Crippen LogP contribution in [0.2, 0.25) is 0 Å². The molecule has 8 heteroatoms. The highest BCUT2D eigenvalue weighted by atomic mass is 79.9. The number of piperidine rings is 1. The minimum absolute atomic E-state index is 0.174. The van der Waals surface area contributed by atoms with E-state index >= 15 is 0 Å². The van der Waals surface area contributed by atoms with Crippen molar-refractivity contribution >= 4 is 47.6 Å². The fourth-order valence-electron chi connectivity index (χ4n) is 2.16. The molecule has 0 atom stereocenters. The molecule has 0 amide bonds. The smallest absolute Gasteiger partial charge is 0.245 e. The highest BCUT2D eigenvalue weighted by molar-refractivity contribution is 9.11. The molecule has 0 aliphatic carbocycles. The van der Waals surface area contributed by atoms with Crippen LogP contribution in [0, 0.1) is 0 Å². The Labute approximate surface area is 135 Å². The highest BCUT2D eigenvalue weighted by Crippen LogP contribution is 2.36. The fourth-order valence-corrected chi connectivity index (χ4v) is 6.14. The molecule has 1 saturated heterocycles. The minimum atomic E-state index is -3.62. The summed E-state index contributed by atoms with van der Waals surface area (Å²) in [6.07, 6.45) is 0.854. The Morgan fingerprint density at radius 3 is 2.15 bits per heavy atom. The van der Waals surface area contributed by atoms with E-state index in [-0.39, 0.29) is 4.90 Å². The summed E-state index contributed by atoms with van der Waals surface area (Å²) in [7, 11) is -3.62. The van der Waals surface area contributed by atoms with Crippen LogP contribution in [-0.2, 0) is 10.0 Å². The first-order valence-corrected chi connectivity index (χ1v) is 9.13. The molecule has 0 radical (unpaired) electrons. The molecule has 1 aromatic rings. The lowest BCUT2D eigenvalue weighted by atomic mass is 9.95. The molecule has 1 aliphatic rings. The van der Waals surface area contributed by atoms with Crippen molar-refractivity contribution in [1.82, 2.24) is 4.31 Å². The van der Waals surface area contributed by atoms with Crippen LogP contribution < -0.4 is 5.73 Å². The van der Waals surface area contributed by atoms with Gasteiger partial charge in [-0.15, -0.1) is 0 Å². The molecular formula is C12H16Br2N2O3S. The molecule has 20 heavy (non-hydrogen) atoms. The Kier molecular flexibility index (Phi) is 4.52. The summed E-state index contributed by atoms with van der Waals surface area (Å²) >= 11 is 6.52. The molecule has 2 rings (SSSR count). The number of nitrogens with zero attached hydrogens (tertiary/aromatic N) is 1. The Morgan fingerprint density at radius 1 is 1.25 bits per heavy atom. The molecule has 1 aliphatic heterocycles. The van der Waals surface area contributed by atoms with Crippen molar-refractivity contribution in [1.29, 1.82) is 0 Å². The van der Waals surface area contributed by atoms with Gasteiger partial charge < -0.3 is 10.8 Å². The van der Waals surface area contributed by atoms with Gasteiger partial charge in [0.05, 0.1) is 5.60 Å².